The first-order valence-corrected chi connectivity index (χ1v) is 4.45. The molecule has 0 aromatic carbocycles. The van der Waals surface area contributed by atoms with Crippen molar-refractivity contribution in [3.8, 4) is 0 Å². The van der Waals surface area contributed by atoms with Crippen LogP contribution in [0.25, 0.3) is 0 Å². The molecule has 0 rings (SSSR count). The highest BCUT2D eigenvalue weighted by Gasteiger charge is 2.21. The van der Waals surface area contributed by atoms with Crippen LogP contribution in [-0.2, 0) is 4.79 Å². The third kappa shape index (κ3) is 2.35. The summed E-state index contributed by atoms with van der Waals surface area (Å²) >= 11 is 0. The lowest BCUT2D eigenvalue weighted by atomic mass is 9.88. The van der Waals surface area contributed by atoms with Crippen LogP contribution in [0.2, 0.25) is 0 Å². The molecule has 0 aromatic heterocycles. The highest BCUT2D eigenvalue weighted by molar-refractivity contribution is 6.19. The molecule has 3 heteroatoms. The van der Waals surface area contributed by atoms with Crippen LogP contribution in [0.1, 0.15) is 20.8 Å². The van der Waals surface area contributed by atoms with Crippen molar-refractivity contribution in [1.82, 2.24) is 0 Å². The molecule has 0 bridgehead atoms. The van der Waals surface area contributed by atoms with Crippen LogP contribution in [0, 0.1) is 5.41 Å². The fourth-order valence-electron chi connectivity index (χ4n) is 0.877. The molecule has 1 N–H and O–H groups in total. The van der Waals surface area contributed by atoms with Crippen molar-refractivity contribution in [2.24, 2.45) is 5.41 Å². The van der Waals surface area contributed by atoms with E-state index in [1.165, 1.54) is 0 Å². The summed E-state index contributed by atoms with van der Waals surface area (Å²) in [6.07, 6.45) is 0. The van der Waals surface area contributed by atoms with Gasteiger partial charge in [-0.1, -0.05) is 26.5 Å². The Morgan fingerprint density at radius 1 is 1.50 bits per heavy atom. The maximum absolute atomic E-state index is 10.5. The SMILES string of the molecule is CC(C)(C)C(=C[SiH3])C(=O)O. The van der Waals surface area contributed by atoms with E-state index in [-0.39, 0.29) is 5.41 Å². The summed E-state index contributed by atoms with van der Waals surface area (Å²) in [6.45, 7) is 5.72. The van der Waals surface area contributed by atoms with Crippen molar-refractivity contribution in [1.29, 1.82) is 0 Å². The molecule has 0 atom stereocenters. The van der Waals surface area contributed by atoms with E-state index in [0.29, 0.717) is 5.57 Å². The van der Waals surface area contributed by atoms with Gasteiger partial charge in [0.25, 0.3) is 0 Å². The van der Waals surface area contributed by atoms with Crippen molar-refractivity contribution >= 4 is 16.2 Å². The maximum atomic E-state index is 10.5. The third-order valence-electron chi connectivity index (χ3n) is 1.33. The Bertz CT molecular complexity index is 165. The number of carboxylic acid groups (broad SMARTS) is 1. The summed E-state index contributed by atoms with van der Waals surface area (Å²) in [5.74, 6) is -0.789. The van der Waals surface area contributed by atoms with Crippen LogP contribution < -0.4 is 0 Å². The molecule has 10 heavy (non-hydrogen) atoms. The Balaban J connectivity index is 4.56. The Hall–Kier alpha value is -0.573. The van der Waals surface area contributed by atoms with Gasteiger partial charge < -0.3 is 5.11 Å². The third-order valence-corrected chi connectivity index (χ3v) is 1.90. The minimum absolute atomic E-state index is 0.215. The predicted molar refractivity (Wildman–Crippen MR) is 45.1 cm³/mol. The first-order chi connectivity index (χ1) is 4.39. The van der Waals surface area contributed by atoms with Crippen LogP contribution in [0.3, 0.4) is 0 Å². The molecule has 58 valence electrons. The molecule has 0 heterocycles. The number of carbonyl (C=O) groups is 1. The predicted octanol–water partition coefficient (Wildman–Crippen LogP) is 0.366. The molecule has 2 nitrogen and oxygen atoms in total. The van der Waals surface area contributed by atoms with Crippen molar-refractivity contribution in [2.75, 3.05) is 0 Å². The summed E-state index contributed by atoms with van der Waals surface area (Å²) in [5, 5.41) is 8.66. The van der Waals surface area contributed by atoms with E-state index in [2.05, 4.69) is 0 Å². The Labute approximate surface area is 64.4 Å². The molecule has 0 saturated carbocycles. The number of hydrogen-bond donors (Lipinski definition) is 1. The largest absolute Gasteiger partial charge is 0.478 e. The van der Waals surface area contributed by atoms with Gasteiger partial charge in [-0.3, -0.25) is 0 Å². The minimum Gasteiger partial charge on any atom is -0.478 e. The molecule has 0 aliphatic heterocycles. The van der Waals surface area contributed by atoms with E-state index in [1.54, 1.807) is 5.70 Å². The van der Waals surface area contributed by atoms with Gasteiger partial charge in [0.15, 0.2) is 0 Å². The Morgan fingerprint density at radius 3 is 1.90 bits per heavy atom. The molecule has 0 aromatic rings. The van der Waals surface area contributed by atoms with Crippen LogP contribution in [-0.4, -0.2) is 21.3 Å². The van der Waals surface area contributed by atoms with Crippen molar-refractivity contribution < 1.29 is 9.90 Å². The van der Waals surface area contributed by atoms with Gasteiger partial charge in [-0.05, 0) is 5.41 Å². The second-order valence-corrected chi connectivity index (χ2v) is 3.83. The quantitative estimate of drug-likeness (QED) is 0.442. The average molecular weight is 158 g/mol. The van der Waals surface area contributed by atoms with Crippen LogP contribution >= 0.6 is 0 Å². The first kappa shape index (κ1) is 9.43. The lowest BCUT2D eigenvalue weighted by molar-refractivity contribution is -0.133. The van der Waals surface area contributed by atoms with Gasteiger partial charge in [-0.25, -0.2) is 4.79 Å². The highest BCUT2D eigenvalue weighted by atomic mass is 28.1. The number of hydrogen-bond acceptors (Lipinski definition) is 1. The summed E-state index contributed by atoms with van der Waals surface area (Å²) < 4.78 is 0. The van der Waals surface area contributed by atoms with Gasteiger partial charge in [-0.2, -0.15) is 0 Å². The Kier molecular flexibility index (Phi) is 2.84. The smallest absolute Gasteiger partial charge is 0.331 e. The highest BCUT2D eigenvalue weighted by Crippen LogP contribution is 2.24. The molecule has 0 spiro atoms. The first-order valence-electron chi connectivity index (χ1n) is 3.29. The minimum atomic E-state index is -0.789. The zero-order valence-electron chi connectivity index (χ0n) is 6.93. The van der Waals surface area contributed by atoms with Gasteiger partial charge in [0.05, 0.1) is 0 Å². The summed E-state index contributed by atoms with van der Waals surface area (Å²) in [4.78, 5) is 10.5. The van der Waals surface area contributed by atoms with Gasteiger partial charge in [0.2, 0.25) is 0 Å². The lowest BCUT2D eigenvalue weighted by Crippen LogP contribution is -2.17. The second-order valence-electron chi connectivity index (χ2n) is 3.26. The molecule has 0 fully saturated rings. The van der Waals surface area contributed by atoms with Gasteiger partial charge in [0, 0.05) is 15.8 Å². The van der Waals surface area contributed by atoms with E-state index in [0.717, 1.165) is 10.2 Å². The second kappa shape index (κ2) is 3.01. The summed E-state index contributed by atoms with van der Waals surface area (Å²) in [5.41, 5.74) is 2.09. The molecule has 0 aliphatic rings. The van der Waals surface area contributed by atoms with Crippen molar-refractivity contribution in [3.63, 3.8) is 0 Å². The van der Waals surface area contributed by atoms with Crippen LogP contribution in [0.4, 0.5) is 0 Å². The van der Waals surface area contributed by atoms with E-state index in [4.69, 9.17) is 5.11 Å². The molecule has 0 radical (unpaired) electrons. The molecule has 0 amide bonds. The topological polar surface area (TPSA) is 37.3 Å². The van der Waals surface area contributed by atoms with E-state index >= 15 is 0 Å². The van der Waals surface area contributed by atoms with E-state index < -0.39 is 5.97 Å². The molecule has 0 aliphatic carbocycles. The van der Waals surface area contributed by atoms with Crippen LogP contribution in [0.5, 0.6) is 0 Å². The Morgan fingerprint density at radius 2 is 1.90 bits per heavy atom. The van der Waals surface area contributed by atoms with E-state index in [9.17, 15) is 4.79 Å². The number of aliphatic carboxylic acids is 1. The zero-order chi connectivity index (χ0) is 8.36. The fourth-order valence-corrected chi connectivity index (χ4v) is 1.99. The van der Waals surface area contributed by atoms with E-state index in [1.807, 2.05) is 20.8 Å². The molecular formula is C7H14O2Si. The molecular weight excluding hydrogens is 144 g/mol. The van der Waals surface area contributed by atoms with Gasteiger partial charge in [0.1, 0.15) is 0 Å². The maximum Gasteiger partial charge on any atom is 0.331 e. The van der Waals surface area contributed by atoms with Crippen LogP contribution in [0.15, 0.2) is 11.3 Å². The number of carboxylic acids is 1. The molecule has 0 saturated heterocycles. The van der Waals surface area contributed by atoms with Crippen molar-refractivity contribution in [3.05, 3.63) is 11.3 Å². The summed E-state index contributed by atoms with van der Waals surface area (Å²) in [6, 6.07) is 0. The lowest BCUT2D eigenvalue weighted by Gasteiger charge is -2.18. The summed E-state index contributed by atoms with van der Waals surface area (Å²) in [7, 11) is 0.808. The fraction of sp³-hybridized carbons (Fsp3) is 0.571. The standard InChI is InChI=1S/C7H14O2Si/c1-7(2,3)5(4-10)6(8)9/h4H,1-3,10H3,(H,8,9). The normalized spacial score (nSPS) is 13.7. The van der Waals surface area contributed by atoms with Gasteiger partial charge in [-0.15, -0.1) is 0 Å². The monoisotopic (exact) mass is 158 g/mol. The van der Waals surface area contributed by atoms with Gasteiger partial charge >= 0.3 is 5.97 Å². The number of rotatable bonds is 1. The average Bonchev–Trinajstić information content (AvgIpc) is 1.60. The molecule has 0 unspecified atom stereocenters. The zero-order valence-corrected chi connectivity index (χ0v) is 8.93. The van der Waals surface area contributed by atoms with Crippen molar-refractivity contribution in [2.45, 2.75) is 20.8 Å².